The zero-order valence-electron chi connectivity index (χ0n) is 45.1. The van der Waals surface area contributed by atoms with Crippen LogP contribution in [-0.2, 0) is 32.5 Å². The second-order valence-electron chi connectivity index (χ2n) is 23.9. The lowest BCUT2D eigenvalue weighted by atomic mass is 9.70. The number of hydrogen-bond acceptors (Lipinski definition) is 4. The third-order valence-corrected chi connectivity index (χ3v) is 18.3. The number of fused-ring (bicyclic) bond motifs is 2. The van der Waals surface area contributed by atoms with Gasteiger partial charge in [0.15, 0.2) is 11.1 Å². The average Bonchev–Trinajstić information content (AvgIpc) is 3.31. The molecule has 4 nitrogen and oxygen atoms in total. The molecule has 68 heavy (non-hydrogen) atoms. The lowest BCUT2D eigenvalue weighted by Crippen LogP contribution is -2.24. The molecular formula is C63H84O4P+. The number of benzene rings is 6. The van der Waals surface area contributed by atoms with E-state index in [0.717, 1.165) is 82.3 Å². The van der Waals surface area contributed by atoms with Crippen LogP contribution in [0, 0.1) is 0 Å². The van der Waals surface area contributed by atoms with E-state index in [2.05, 4.69) is 173 Å². The molecule has 0 aliphatic heterocycles. The average molecular weight is 936 g/mol. The van der Waals surface area contributed by atoms with Crippen molar-refractivity contribution < 1.29 is 19.5 Å². The van der Waals surface area contributed by atoms with Crippen LogP contribution in [0.2, 0.25) is 0 Å². The fourth-order valence-electron chi connectivity index (χ4n) is 9.76. The SMILES string of the molecule is CCC(C)(C)c1cc(C(C)(C)CC)c2cc(-c3c(C(=O)c4ccccc4)ccc([P+](O)(O)O)c3-c3cc4c(C(C)(C)CC)cc(C(C)(C)CC)cc4cc3C(C)(C)CC)c(C(C)(C)CC)cc2c1. The van der Waals surface area contributed by atoms with Crippen molar-refractivity contribution in [1.29, 1.82) is 0 Å². The van der Waals surface area contributed by atoms with Crippen molar-refractivity contribution in [2.45, 2.75) is 196 Å². The van der Waals surface area contributed by atoms with Crippen LogP contribution in [0.4, 0.5) is 0 Å². The molecule has 364 valence electrons. The van der Waals surface area contributed by atoms with Gasteiger partial charge in [-0.3, -0.25) is 4.79 Å². The van der Waals surface area contributed by atoms with Gasteiger partial charge >= 0.3 is 7.94 Å². The molecule has 5 heteroatoms. The lowest BCUT2D eigenvalue weighted by molar-refractivity contribution is 0.103. The topological polar surface area (TPSA) is 77.8 Å². The van der Waals surface area contributed by atoms with Crippen LogP contribution in [0.15, 0.2) is 91.0 Å². The molecule has 0 amide bonds. The van der Waals surface area contributed by atoms with Crippen molar-refractivity contribution in [3.05, 3.63) is 136 Å². The normalized spacial score (nSPS) is 13.5. The first-order valence-corrected chi connectivity index (χ1v) is 27.2. The van der Waals surface area contributed by atoms with E-state index in [1.807, 2.05) is 30.3 Å². The first kappa shape index (κ1) is 53.2. The first-order valence-electron chi connectivity index (χ1n) is 25.6. The maximum Gasteiger partial charge on any atom is 0.441 e. The molecule has 0 heterocycles. The van der Waals surface area contributed by atoms with E-state index < -0.39 is 13.4 Å². The number of ketones is 1. The predicted octanol–water partition coefficient (Wildman–Crippen LogP) is 17.0. The van der Waals surface area contributed by atoms with Crippen LogP contribution in [0.25, 0.3) is 43.8 Å². The van der Waals surface area contributed by atoms with Gasteiger partial charge in [-0.2, -0.15) is 14.7 Å². The number of carbonyl (C=O) groups excluding carboxylic acids is 1. The summed E-state index contributed by atoms with van der Waals surface area (Å²) in [6, 6.07) is 31.6. The Labute approximate surface area is 411 Å². The van der Waals surface area contributed by atoms with E-state index in [9.17, 15) is 14.7 Å². The van der Waals surface area contributed by atoms with Crippen molar-refractivity contribution in [3.8, 4) is 22.3 Å². The molecule has 6 aromatic rings. The molecule has 0 aromatic heterocycles. The van der Waals surface area contributed by atoms with Gasteiger partial charge in [-0.15, -0.1) is 0 Å². The highest BCUT2D eigenvalue weighted by molar-refractivity contribution is 7.67. The Hall–Kier alpha value is -4.18. The zero-order valence-corrected chi connectivity index (χ0v) is 46.0. The quantitative estimate of drug-likeness (QED) is 0.0629. The van der Waals surface area contributed by atoms with Gasteiger partial charge in [-0.25, -0.2) is 0 Å². The summed E-state index contributed by atoms with van der Waals surface area (Å²) in [4.78, 5) is 51.2. The number of rotatable bonds is 17. The first-order chi connectivity index (χ1) is 31.5. The van der Waals surface area contributed by atoms with E-state index in [0.29, 0.717) is 22.3 Å². The Morgan fingerprint density at radius 1 is 0.426 bits per heavy atom. The molecule has 6 aromatic carbocycles. The maximum atomic E-state index is 15.5. The summed E-state index contributed by atoms with van der Waals surface area (Å²) in [6.07, 6.45) is 5.40. The Kier molecular flexibility index (Phi) is 14.8. The molecule has 0 aliphatic carbocycles. The highest BCUT2D eigenvalue weighted by Crippen LogP contribution is 2.54. The minimum Gasteiger partial charge on any atom is -0.289 e. The Bertz CT molecular complexity index is 2850. The summed E-state index contributed by atoms with van der Waals surface area (Å²) in [6.45, 7) is 41.0. The molecule has 0 saturated carbocycles. The van der Waals surface area contributed by atoms with Gasteiger partial charge in [-0.1, -0.05) is 179 Å². The number of carbonyl (C=O) groups is 1. The van der Waals surface area contributed by atoms with Gasteiger partial charge in [-0.05, 0) is 173 Å². The standard InChI is InChI=1S/C63H84O4P/c1-19-58(7,8)43-32-41-34-50(60(11,12)21-3)48(38-46(41)52(36-43)62(15,16)23-5)55-45(57(64)40-28-26-25-27-29-40)30-31-54(68(65,66)67)56(55)49-39-47-42(35-51(49)61(13,14)22-4)33-44(59(9,10)20-2)37-53(47)63(17,18)24-6/h25-39,65-67H,19-24H2,1-18H3/q+1. The minimum atomic E-state index is -4.76. The van der Waals surface area contributed by atoms with E-state index >= 15 is 4.79 Å². The van der Waals surface area contributed by atoms with Gasteiger partial charge in [0.1, 0.15) is 0 Å². The molecule has 0 unspecified atom stereocenters. The summed E-state index contributed by atoms with van der Waals surface area (Å²) in [7, 11) is -4.76. The summed E-state index contributed by atoms with van der Waals surface area (Å²) in [5.74, 6) is -0.169. The van der Waals surface area contributed by atoms with Gasteiger partial charge in [0, 0.05) is 22.3 Å². The van der Waals surface area contributed by atoms with Crippen molar-refractivity contribution in [3.63, 3.8) is 0 Å². The monoisotopic (exact) mass is 936 g/mol. The molecule has 0 atom stereocenters. The zero-order chi connectivity index (χ0) is 50.7. The van der Waals surface area contributed by atoms with Crippen molar-refractivity contribution in [2.75, 3.05) is 0 Å². The Morgan fingerprint density at radius 3 is 1.16 bits per heavy atom. The predicted molar refractivity (Wildman–Crippen MR) is 295 cm³/mol. The Balaban J connectivity index is 2.00. The smallest absolute Gasteiger partial charge is 0.289 e. The molecule has 3 N–H and O–H groups in total. The van der Waals surface area contributed by atoms with Crippen LogP contribution in [0.1, 0.15) is 212 Å². The van der Waals surface area contributed by atoms with Crippen LogP contribution >= 0.6 is 7.94 Å². The summed E-state index contributed by atoms with van der Waals surface area (Å²) in [5.41, 5.74) is 9.57. The van der Waals surface area contributed by atoms with Crippen LogP contribution in [-0.4, -0.2) is 20.5 Å². The molecular weight excluding hydrogens is 852 g/mol. The van der Waals surface area contributed by atoms with E-state index in [1.165, 1.54) is 22.3 Å². The highest BCUT2D eigenvalue weighted by atomic mass is 31.2. The van der Waals surface area contributed by atoms with Crippen LogP contribution in [0.5, 0.6) is 0 Å². The largest absolute Gasteiger partial charge is 0.441 e. The molecule has 0 saturated heterocycles. The molecule has 0 aliphatic rings. The molecule has 0 fully saturated rings. The highest BCUT2D eigenvalue weighted by Gasteiger charge is 2.43. The minimum absolute atomic E-state index is 0.0409. The fourth-order valence-corrected chi connectivity index (χ4v) is 10.6. The summed E-state index contributed by atoms with van der Waals surface area (Å²) in [5, 5.41) is 4.52. The van der Waals surface area contributed by atoms with Crippen LogP contribution < -0.4 is 5.30 Å². The number of hydrogen-bond donors (Lipinski definition) is 3. The summed E-state index contributed by atoms with van der Waals surface area (Å²) < 4.78 is 0. The van der Waals surface area contributed by atoms with E-state index in [4.69, 9.17) is 0 Å². The molecule has 6 rings (SSSR count). The molecule has 0 bridgehead atoms. The second kappa shape index (κ2) is 18.9. The van der Waals surface area contributed by atoms with E-state index in [-0.39, 0.29) is 38.2 Å². The van der Waals surface area contributed by atoms with Crippen molar-refractivity contribution >= 4 is 40.6 Å². The van der Waals surface area contributed by atoms with Gasteiger partial charge in [0.25, 0.3) is 0 Å². The third-order valence-electron chi connectivity index (χ3n) is 17.3. The molecule has 0 radical (unpaired) electrons. The van der Waals surface area contributed by atoms with Gasteiger partial charge in [0.05, 0.1) is 0 Å². The maximum absolute atomic E-state index is 15.5. The van der Waals surface area contributed by atoms with Gasteiger partial charge in [0.2, 0.25) is 0 Å². The van der Waals surface area contributed by atoms with Gasteiger partial charge < -0.3 is 0 Å². The van der Waals surface area contributed by atoms with Crippen LogP contribution in [0.3, 0.4) is 0 Å². The second-order valence-corrected chi connectivity index (χ2v) is 25.5. The third kappa shape index (κ3) is 9.79. The molecule has 0 spiro atoms. The van der Waals surface area contributed by atoms with E-state index in [1.54, 1.807) is 12.1 Å². The fraction of sp³-hybridized carbons (Fsp3) is 0.476. The van der Waals surface area contributed by atoms with Crippen molar-refractivity contribution in [2.24, 2.45) is 0 Å². The van der Waals surface area contributed by atoms with Crippen molar-refractivity contribution in [1.82, 2.24) is 0 Å². The lowest BCUT2D eigenvalue weighted by Gasteiger charge is -2.34. The Morgan fingerprint density at radius 2 is 0.794 bits per heavy atom. The summed E-state index contributed by atoms with van der Waals surface area (Å²) >= 11 is 0.